The number of esters is 1. The van der Waals surface area contributed by atoms with Crippen LogP contribution in [-0.4, -0.2) is 51.6 Å². The number of hydrogen-bond acceptors (Lipinski definition) is 8. The Bertz CT molecular complexity index is 1550. The molecule has 2 amide bonds. The van der Waals surface area contributed by atoms with Gasteiger partial charge in [-0.2, -0.15) is 0 Å². The van der Waals surface area contributed by atoms with Crippen LogP contribution in [0.3, 0.4) is 0 Å². The number of carbonyl (C=O) groups is 2. The topological polar surface area (TPSA) is 105 Å². The molecule has 3 aliphatic rings. The van der Waals surface area contributed by atoms with Crippen LogP contribution >= 0.6 is 27.5 Å². The van der Waals surface area contributed by atoms with E-state index in [4.69, 9.17) is 40.0 Å². The predicted molar refractivity (Wildman–Crippen MR) is 148 cm³/mol. The van der Waals surface area contributed by atoms with E-state index in [2.05, 4.69) is 21.2 Å². The van der Waals surface area contributed by atoms with Gasteiger partial charge in [-0.1, -0.05) is 23.7 Å². The third-order valence-electron chi connectivity index (χ3n) is 7.24. The molecule has 208 valence electrons. The number of rotatable bonds is 5. The highest BCUT2D eigenvalue weighted by Gasteiger charge is 2.49. The quantitative estimate of drug-likeness (QED) is 0.347. The predicted octanol–water partition coefficient (Wildman–Crippen LogP) is 5.90. The van der Waals surface area contributed by atoms with Crippen molar-refractivity contribution < 1.29 is 38.0 Å². The second-order valence-corrected chi connectivity index (χ2v) is 10.5. The van der Waals surface area contributed by atoms with E-state index in [0.29, 0.717) is 62.3 Å². The van der Waals surface area contributed by atoms with Gasteiger partial charge in [0.25, 0.3) is 0 Å². The molecule has 10 nitrogen and oxygen atoms in total. The summed E-state index contributed by atoms with van der Waals surface area (Å²) >= 11 is 9.84. The lowest BCUT2D eigenvalue weighted by Crippen LogP contribution is -2.45. The first-order chi connectivity index (χ1) is 19.4. The zero-order valence-corrected chi connectivity index (χ0v) is 24.1. The number of anilines is 1. The second kappa shape index (κ2) is 10.3. The molecule has 2 unspecified atom stereocenters. The monoisotopic (exact) mass is 630 g/mol. The number of cyclic esters (lactones) is 1. The summed E-state index contributed by atoms with van der Waals surface area (Å²) in [4.78, 5) is 28.8. The number of methoxy groups -OCH3 is 3. The maximum Gasteiger partial charge on any atom is 0.343 e. The summed E-state index contributed by atoms with van der Waals surface area (Å²) in [6.07, 6.45) is -0.422. The highest BCUT2D eigenvalue weighted by atomic mass is 79.9. The van der Waals surface area contributed by atoms with Crippen LogP contribution in [0, 0.1) is 0 Å². The maximum absolute atomic E-state index is 13.9. The van der Waals surface area contributed by atoms with Crippen LogP contribution in [0.4, 0.5) is 10.5 Å². The van der Waals surface area contributed by atoms with Crippen molar-refractivity contribution >= 4 is 45.2 Å². The van der Waals surface area contributed by atoms with Gasteiger partial charge in [0.1, 0.15) is 11.6 Å². The van der Waals surface area contributed by atoms with Crippen LogP contribution in [0.15, 0.2) is 40.9 Å². The number of amides is 2. The Hall–Kier alpha value is -3.83. The molecule has 1 N–H and O–H groups in total. The van der Waals surface area contributed by atoms with Gasteiger partial charge in [0.15, 0.2) is 29.1 Å². The first-order valence-corrected chi connectivity index (χ1v) is 13.5. The Balaban J connectivity index is 1.53. The SMILES string of the molecule is COc1ccc2c(c1OC)C(=O)OC2C1c2c(c(Br)c3c(c2OC)OCO3)CCN1C(=O)Nc1cccc(Cl)c1. The van der Waals surface area contributed by atoms with Crippen molar-refractivity contribution in [2.24, 2.45) is 0 Å². The summed E-state index contributed by atoms with van der Waals surface area (Å²) in [5.41, 5.74) is 2.83. The number of benzene rings is 3. The van der Waals surface area contributed by atoms with Crippen LogP contribution in [-0.2, 0) is 11.2 Å². The number of carbonyl (C=O) groups excluding carboxylic acids is 2. The highest BCUT2D eigenvalue weighted by molar-refractivity contribution is 9.10. The van der Waals surface area contributed by atoms with Gasteiger partial charge in [-0.25, -0.2) is 9.59 Å². The van der Waals surface area contributed by atoms with Crippen LogP contribution in [0.25, 0.3) is 0 Å². The highest BCUT2D eigenvalue weighted by Crippen LogP contribution is 2.58. The van der Waals surface area contributed by atoms with Gasteiger partial charge in [0, 0.05) is 28.4 Å². The normalized spacial score (nSPS) is 18.5. The van der Waals surface area contributed by atoms with Crippen LogP contribution < -0.4 is 29.0 Å². The van der Waals surface area contributed by atoms with E-state index in [1.165, 1.54) is 21.3 Å². The Labute approximate surface area is 243 Å². The van der Waals surface area contributed by atoms with E-state index in [0.717, 1.165) is 5.56 Å². The van der Waals surface area contributed by atoms with E-state index in [9.17, 15) is 9.59 Å². The lowest BCUT2D eigenvalue weighted by Gasteiger charge is -2.41. The number of nitrogens with zero attached hydrogens (tertiary/aromatic N) is 1. The zero-order chi connectivity index (χ0) is 28.1. The minimum absolute atomic E-state index is 0.0229. The van der Waals surface area contributed by atoms with Crippen molar-refractivity contribution in [3.63, 3.8) is 0 Å². The van der Waals surface area contributed by atoms with Crippen molar-refractivity contribution in [2.45, 2.75) is 18.6 Å². The number of nitrogens with one attached hydrogen (secondary N) is 1. The van der Waals surface area contributed by atoms with Crippen molar-refractivity contribution in [2.75, 3.05) is 40.0 Å². The zero-order valence-electron chi connectivity index (χ0n) is 21.7. The lowest BCUT2D eigenvalue weighted by atomic mass is 9.85. The molecular weight excluding hydrogens is 608 g/mol. The first kappa shape index (κ1) is 26.4. The molecule has 0 saturated heterocycles. The Morgan fingerprint density at radius 2 is 1.85 bits per heavy atom. The average molecular weight is 632 g/mol. The summed E-state index contributed by atoms with van der Waals surface area (Å²) in [7, 11) is 4.47. The van der Waals surface area contributed by atoms with Gasteiger partial charge in [-0.3, -0.25) is 0 Å². The van der Waals surface area contributed by atoms with Gasteiger partial charge in [0.05, 0.1) is 25.8 Å². The van der Waals surface area contributed by atoms with Crippen LogP contribution in [0.5, 0.6) is 28.7 Å². The summed E-state index contributed by atoms with van der Waals surface area (Å²) < 4.78 is 35.1. The van der Waals surface area contributed by atoms with Gasteiger partial charge in [0.2, 0.25) is 12.5 Å². The summed E-state index contributed by atoms with van der Waals surface area (Å²) in [6.45, 7) is 0.331. The number of halogens is 2. The molecule has 2 atom stereocenters. The molecular formula is C28H24BrClN2O8. The smallest absolute Gasteiger partial charge is 0.343 e. The van der Waals surface area contributed by atoms with Crippen LogP contribution in [0.2, 0.25) is 5.02 Å². The van der Waals surface area contributed by atoms with E-state index < -0.39 is 24.1 Å². The van der Waals surface area contributed by atoms with Gasteiger partial charge >= 0.3 is 12.0 Å². The fourth-order valence-corrected chi connectivity index (χ4v) is 6.47. The van der Waals surface area contributed by atoms with Crippen molar-refractivity contribution in [1.82, 2.24) is 4.90 Å². The standard InChI is InChI=1S/C28H24BrClN2O8/c1-35-17-8-7-16-19(23(17)36-2)27(33)40-22(16)21-18-15(20(29)25-26(24(18)37-3)39-12-38-25)9-10-32(21)28(34)31-14-6-4-5-13(30)11-14/h4-8,11,21-22H,9-10,12H2,1-3H3,(H,31,34). The lowest BCUT2D eigenvalue weighted by molar-refractivity contribution is 0.0122. The molecule has 40 heavy (non-hydrogen) atoms. The number of ether oxygens (including phenoxy) is 6. The van der Waals surface area contributed by atoms with Crippen LogP contribution in [0.1, 0.15) is 39.2 Å². The molecule has 0 bridgehead atoms. The van der Waals surface area contributed by atoms with Gasteiger partial charge in [-0.15, -0.1) is 0 Å². The minimum atomic E-state index is -0.896. The van der Waals surface area contributed by atoms with Crippen molar-refractivity contribution in [3.8, 4) is 28.7 Å². The molecule has 0 fully saturated rings. The van der Waals surface area contributed by atoms with E-state index in [1.807, 2.05) is 0 Å². The Morgan fingerprint density at radius 3 is 2.58 bits per heavy atom. The molecule has 12 heteroatoms. The number of fused-ring (bicyclic) bond motifs is 3. The van der Waals surface area contributed by atoms with Crippen molar-refractivity contribution in [3.05, 3.63) is 68.1 Å². The number of hydrogen-bond donors (Lipinski definition) is 1. The second-order valence-electron chi connectivity index (χ2n) is 9.22. The van der Waals surface area contributed by atoms with E-state index in [1.54, 1.807) is 41.3 Å². The fraction of sp³-hybridized carbons (Fsp3) is 0.286. The Kier molecular flexibility index (Phi) is 6.79. The molecule has 3 aromatic carbocycles. The molecule has 3 aromatic rings. The molecule has 6 rings (SSSR count). The molecule has 0 spiro atoms. The minimum Gasteiger partial charge on any atom is -0.493 e. The van der Waals surface area contributed by atoms with E-state index >= 15 is 0 Å². The third kappa shape index (κ3) is 4.06. The molecule has 0 aromatic heterocycles. The maximum atomic E-state index is 13.9. The molecule has 3 heterocycles. The number of urea groups is 1. The van der Waals surface area contributed by atoms with Crippen molar-refractivity contribution in [1.29, 1.82) is 0 Å². The summed E-state index contributed by atoms with van der Waals surface area (Å²) in [5, 5.41) is 3.41. The Morgan fingerprint density at radius 1 is 1.07 bits per heavy atom. The molecule has 0 radical (unpaired) electrons. The molecule has 3 aliphatic heterocycles. The summed E-state index contributed by atoms with van der Waals surface area (Å²) in [5.74, 6) is 1.41. The van der Waals surface area contributed by atoms with Gasteiger partial charge < -0.3 is 38.6 Å². The van der Waals surface area contributed by atoms with Gasteiger partial charge in [-0.05, 0) is 52.2 Å². The largest absolute Gasteiger partial charge is 0.493 e. The van der Waals surface area contributed by atoms with E-state index in [-0.39, 0.29) is 18.1 Å². The third-order valence-corrected chi connectivity index (χ3v) is 8.31. The fourth-order valence-electron chi connectivity index (χ4n) is 5.58. The average Bonchev–Trinajstić information content (AvgIpc) is 3.57. The molecule has 0 saturated carbocycles. The molecule has 0 aliphatic carbocycles. The summed E-state index contributed by atoms with van der Waals surface area (Å²) in [6, 6.07) is 9.12. The first-order valence-electron chi connectivity index (χ1n) is 12.3.